The smallest absolute Gasteiger partial charge is 0.286 e. The molecule has 0 saturated carbocycles. The zero-order valence-electron chi connectivity index (χ0n) is 18.2. The van der Waals surface area contributed by atoms with Gasteiger partial charge in [0.2, 0.25) is 15.9 Å². The second kappa shape index (κ2) is 10.4. The molecule has 33 heavy (non-hydrogen) atoms. The lowest BCUT2D eigenvalue weighted by Crippen LogP contribution is -2.39. The van der Waals surface area contributed by atoms with Gasteiger partial charge in [-0.3, -0.25) is 14.4 Å². The van der Waals surface area contributed by atoms with Crippen LogP contribution in [0.3, 0.4) is 0 Å². The average molecular weight is 468 g/mol. The Morgan fingerprint density at radius 1 is 1.09 bits per heavy atom. The minimum absolute atomic E-state index is 0.0236. The standard InChI is InChI=1S/C23H25N5O4S/c1-15-4-6-17(7-5-15)25-20(30)21-26-27-22(33-21)23(31)28-10-8-16(9-11-28)13-19(29)24-14-18-3-2-12-32-18/h2-7,12,16H,8-11,13-14H2,1H3,(H,24,29)(H,25,30). The van der Waals surface area contributed by atoms with Gasteiger partial charge in [-0.2, -0.15) is 0 Å². The van der Waals surface area contributed by atoms with Gasteiger partial charge in [0.15, 0.2) is 0 Å². The molecule has 4 rings (SSSR count). The molecule has 1 aliphatic rings. The van der Waals surface area contributed by atoms with Crippen molar-refractivity contribution in [3.63, 3.8) is 0 Å². The number of aryl methyl sites for hydroxylation is 1. The van der Waals surface area contributed by atoms with E-state index in [9.17, 15) is 14.4 Å². The Hall–Kier alpha value is -3.53. The summed E-state index contributed by atoms with van der Waals surface area (Å²) in [6, 6.07) is 11.0. The fourth-order valence-corrected chi connectivity index (χ4v) is 4.34. The Kier molecular flexibility index (Phi) is 7.13. The summed E-state index contributed by atoms with van der Waals surface area (Å²) < 4.78 is 5.21. The molecule has 0 unspecified atom stereocenters. The largest absolute Gasteiger partial charge is 0.467 e. The van der Waals surface area contributed by atoms with Gasteiger partial charge < -0.3 is 20.0 Å². The van der Waals surface area contributed by atoms with Crippen molar-refractivity contribution in [2.24, 2.45) is 5.92 Å². The summed E-state index contributed by atoms with van der Waals surface area (Å²) in [7, 11) is 0. The molecule has 9 nitrogen and oxygen atoms in total. The molecule has 0 radical (unpaired) electrons. The molecule has 172 valence electrons. The number of piperidine rings is 1. The molecule has 0 spiro atoms. The van der Waals surface area contributed by atoms with Crippen molar-refractivity contribution in [1.29, 1.82) is 0 Å². The predicted molar refractivity (Wildman–Crippen MR) is 123 cm³/mol. The quantitative estimate of drug-likeness (QED) is 0.551. The molecule has 3 aromatic rings. The molecule has 1 aliphatic heterocycles. The fourth-order valence-electron chi connectivity index (χ4n) is 3.63. The van der Waals surface area contributed by atoms with Crippen molar-refractivity contribution in [2.75, 3.05) is 18.4 Å². The van der Waals surface area contributed by atoms with Gasteiger partial charge in [0.25, 0.3) is 11.8 Å². The number of carbonyl (C=O) groups is 3. The number of anilines is 1. The number of amides is 3. The van der Waals surface area contributed by atoms with Crippen LogP contribution in [0.25, 0.3) is 0 Å². The Morgan fingerprint density at radius 2 is 1.82 bits per heavy atom. The number of hydrogen-bond donors (Lipinski definition) is 2. The number of nitrogens with zero attached hydrogens (tertiary/aromatic N) is 3. The highest BCUT2D eigenvalue weighted by atomic mass is 32.1. The van der Waals surface area contributed by atoms with Crippen molar-refractivity contribution in [3.05, 3.63) is 64.0 Å². The lowest BCUT2D eigenvalue weighted by Gasteiger charge is -2.31. The van der Waals surface area contributed by atoms with E-state index in [0.717, 1.165) is 29.7 Å². The normalized spacial score (nSPS) is 14.2. The SMILES string of the molecule is Cc1ccc(NC(=O)c2nnc(C(=O)N3CCC(CC(=O)NCc4ccco4)CC3)s2)cc1. The van der Waals surface area contributed by atoms with Crippen LogP contribution in [0.2, 0.25) is 0 Å². The maximum absolute atomic E-state index is 12.8. The van der Waals surface area contributed by atoms with Gasteiger partial charge in [-0.1, -0.05) is 29.0 Å². The third-order valence-corrected chi connectivity index (χ3v) is 6.44. The van der Waals surface area contributed by atoms with Gasteiger partial charge in [0.05, 0.1) is 12.8 Å². The molecule has 2 N–H and O–H groups in total. The molecule has 3 heterocycles. The molecule has 1 fully saturated rings. The first-order valence-electron chi connectivity index (χ1n) is 10.8. The van der Waals surface area contributed by atoms with Gasteiger partial charge in [-0.05, 0) is 49.9 Å². The van der Waals surface area contributed by atoms with Crippen molar-refractivity contribution in [3.8, 4) is 0 Å². The van der Waals surface area contributed by atoms with Crippen molar-refractivity contribution < 1.29 is 18.8 Å². The minimum atomic E-state index is -0.394. The minimum Gasteiger partial charge on any atom is -0.467 e. The number of likely N-dealkylation sites (tertiary alicyclic amines) is 1. The van der Waals surface area contributed by atoms with Gasteiger partial charge in [-0.25, -0.2) is 0 Å². The van der Waals surface area contributed by atoms with E-state index in [0.29, 0.717) is 37.5 Å². The summed E-state index contributed by atoms with van der Waals surface area (Å²) in [5, 5.41) is 13.8. The van der Waals surface area contributed by atoms with Crippen LogP contribution in [0.5, 0.6) is 0 Å². The second-order valence-corrected chi connectivity index (χ2v) is 9.01. The lowest BCUT2D eigenvalue weighted by molar-refractivity contribution is -0.122. The van der Waals surface area contributed by atoms with Crippen LogP contribution in [0.1, 0.15) is 50.2 Å². The van der Waals surface area contributed by atoms with Crippen molar-refractivity contribution in [1.82, 2.24) is 20.4 Å². The monoisotopic (exact) mass is 467 g/mol. The Balaban J connectivity index is 1.24. The van der Waals surface area contributed by atoms with Crippen LogP contribution < -0.4 is 10.6 Å². The van der Waals surface area contributed by atoms with E-state index in [-0.39, 0.29) is 27.7 Å². The van der Waals surface area contributed by atoms with E-state index in [2.05, 4.69) is 20.8 Å². The summed E-state index contributed by atoms with van der Waals surface area (Å²) in [5.41, 5.74) is 1.75. The maximum Gasteiger partial charge on any atom is 0.286 e. The molecule has 0 bridgehead atoms. The van der Waals surface area contributed by atoms with Gasteiger partial charge in [0.1, 0.15) is 5.76 Å². The summed E-state index contributed by atoms with van der Waals surface area (Å²) in [4.78, 5) is 39.1. The molecule has 1 aromatic carbocycles. The molecular weight excluding hydrogens is 442 g/mol. The highest BCUT2D eigenvalue weighted by Crippen LogP contribution is 2.23. The fraction of sp³-hybridized carbons (Fsp3) is 0.348. The number of furan rings is 1. The van der Waals surface area contributed by atoms with Crippen LogP contribution in [0.15, 0.2) is 47.1 Å². The van der Waals surface area contributed by atoms with E-state index in [1.54, 1.807) is 17.2 Å². The van der Waals surface area contributed by atoms with Crippen LogP contribution in [-0.4, -0.2) is 45.9 Å². The number of benzene rings is 1. The van der Waals surface area contributed by atoms with Crippen LogP contribution >= 0.6 is 11.3 Å². The van der Waals surface area contributed by atoms with E-state index >= 15 is 0 Å². The van der Waals surface area contributed by atoms with E-state index in [4.69, 9.17) is 4.42 Å². The van der Waals surface area contributed by atoms with Crippen LogP contribution in [0.4, 0.5) is 5.69 Å². The number of aromatic nitrogens is 2. The number of rotatable bonds is 7. The molecular formula is C23H25N5O4S. The summed E-state index contributed by atoms with van der Waals surface area (Å²) in [5.74, 6) is 0.283. The summed E-state index contributed by atoms with van der Waals surface area (Å²) in [6.07, 6.45) is 3.47. The maximum atomic E-state index is 12.8. The van der Waals surface area contributed by atoms with Gasteiger partial charge >= 0.3 is 0 Å². The molecule has 2 aromatic heterocycles. The number of carbonyl (C=O) groups excluding carboxylic acids is 3. The first kappa shape index (κ1) is 22.7. The van der Waals surface area contributed by atoms with Gasteiger partial charge in [-0.15, -0.1) is 10.2 Å². The highest BCUT2D eigenvalue weighted by molar-refractivity contribution is 7.15. The third kappa shape index (κ3) is 6.04. The van der Waals surface area contributed by atoms with Crippen molar-refractivity contribution in [2.45, 2.75) is 32.7 Å². The first-order valence-corrected chi connectivity index (χ1v) is 11.6. The van der Waals surface area contributed by atoms with E-state index in [1.807, 2.05) is 37.3 Å². The Bertz CT molecular complexity index is 1100. The molecule has 1 saturated heterocycles. The Morgan fingerprint density at radius 3 is 2.52 bits per heavy atom. The average Bonchev–Trinajstić information content (AvgIpc) is 3.52. The topological polar surface area (TPSA) is 117 Å². The van der Waals surface area contributed by atoms with Gasteiger partial charge in [0, 0.05) is 25.2 Å². The van der Waals surface area contributed by atoms with Crippen LogP contribution in [0, 0.1) is 12.8 Å². The second-order valence-electron chi connectivity index (χ2n) is 8.03. The lowest BCUT2D eigenvalue weighted by atomic mass is 9.93. The zero-order chi connectivity index (χ0) is 23.2. The predicted octanol–water partition coefficient (Wildman–Crippen LogP) is 3.25. The van der Waals surface area contributed by atoms with Crippen LogP contribution in [-0.2, 0) is 11.3 Å². The number of hydrogen-bond acceptors (Lipinski definition) is 7. The molecule has 0 aliphatic carbocycles. The zero-order valence-corrected chi connectivity index (χ0v) is 19.1. The Labute approximate surface area is 195 Å². The summed E-state index contributed by atoms with van der Waals surface area (Å²) in [6.45, 7) is 3.42. The van der Waals surface area contributed by atoms with E-state index in [1.165, 1.54) is 0 Å². The van der Waals surface area contributed by atoms with Crippen molar-refractivity contribution >= 4 is 34.7 Å². The molecule has 10 heteroatoms. The highest BCUT2D eigenvalue weighted by Gasteiger charge is 2.28. The molecule has 0 atom stereocenters. The summed E-state index contributed by atoms with van der Waals surface area (Å²) >= 11 is 0.983. The molecule has 3 amide bonds. The first-order chi connectivity index (χ1) is 16.0. The van der Waals surface area contributed by atoms with E-state index < -0.39 is 5.91 Å². The third-order valence-electron chi connectivity index (χ3n) is 5.53. The number of nitrogens with one attached hydrogen (secondary N) is 2.